The normalized spacial score (nSPS) is 12.7. The van der Waals surface area contributed by atoms with E-state index in [4.69, 9.17) is 11.5 Å². The van der Waals surface area contributed by atoms with Crippen molar-refractivity contribution in [3.63, 3.8) is 0 Å². The fraction of sp³-hybridized carbons (Fsp3) is 0.571. The van der Waals surface area contributed by atoms with Gasteiger partial charge in [0.2, 0.25) is 5.91 Å². The summed E-state index contributed by atoms with van der Waals surface area (Å²) in [7, 11) is 0. The standard InChI is InChI=1S/C7H12N4OS2/c1-4-10-11-7(14-4)13-3-2-5(8)6(9)12/h5H,2-3,8H2,1H3,(H2,9,12). The molecule has 0 fully saturated rings. The van der Waals surface area contributed by atoms with Crippen LogP contribution in [0, 0.1) is 6.92 Å². The molecule has 1 unspecified atom stereocenters. The average Bonchev–Trinajstić information content (AvgIpc) is 2.51. The van der Waals surface area contributed by atoms with Crippen LogP contribution < -0.4 is 11.5 Å². The van der Waals surface area contributed by atoms with Crippen molar-refractivity contribution in [2.75, 3.05) is 5.75 Å². The first-order chi connectivity index (χ1) is 6.59. The molecule has 0 aromatic carbocycles. The van der Waals surface area contributed by atoms with Gasteiger partial charge in [0.25, 0.3) is 0 Å². The summed E-state index contributed by atoms with van der Waals surface area (Å²) in [6, 6.07) is -0.559. The lowest BCUT2D eigenvalue weighted by atomic mass is 10.2. The van der Waals surface area contributed by atoms with E-state index in [2.05, 4.69) is 10.2 Å². The molecule has 1 rings (SSSR count). The van der Waals surface area contributed by atoms with Crippen LogP contribution in [0.4, 0.5) is 0 Å². The topological polar surface area (TPSA) is 94.9 Å². The van der Waals surface area contributed by atoms with Crippen molar-refractivity contribution >= 4 is 29.0 Å². The molecule has 0 saturated heterocycles. The first-order valence-corrected chi connectivity index (χ1v) is 5.87. The van der Waals surface area contributed by atoms with Crippen LogP contribution in [-0.4, -0.2) is 27.9 Å². The van der Waals surface area contributed by atoms with E-state index in [1.165, 1.54) is 11.3 Å². The summed E-state index contributed by atoms with van der Waals surface area (Å²) in [5.41, 5.74) is 10.5. The van der Waals surface area contributed by atoms with Gasteiger partial charge in [0, 0.05) is 5.75 Å². The van der Waals surface area contributed by atoms with Crippen molar-refractivity contribution in [3.8, 4) is 0 Å². The summed E-state index contributed by atoms with van der Waals surface area (Å²) < 4.78 is 0.902. The number of carbonyl (C=O) groups excluding carboxylic acids is 1. The third-order valence-electron chi connectivity index (χ3n) is 1.53. The molecule has 0 bridgehead atoms. The van der Waals surface area contributed by atoms with Gasteiger partial charge in [-0.05, 0) is 13.3 Å². The van der Waals surface area contributed by atoms with Crippen molar-refractivity contribution in [1.29, 1.82) is 0 Å². The SMILES string of the molecule is Cc1nnc(SCCC(N)C(N)=O)s1. The Morgan fingerprint density at radius 3 is 2.86 bits per heavy atom. The number of hydrogen-bond donors (Lipinski definition) is 2. The predicted octanol–water partition coefficient (Wildman–Crippen LogP) is 0.141. The number of primary amides is 1. The van der Waals surface area contributed by atoms with Crippen molar-refractivity contribution in [3.05, 3.63) is 5.01 Å². The number of nitrogens with two attached hydrogens (primary N) is 2. The van der Waals surface area contributed by atoms with Gasteiger partial charge in [-0.3, -0.25) is 4.79 Å². The number of aromatic nitrogens is 2. The van der Waals surface area contributed by atoms with Crippen LogP contribution in [0.25, 0.3) is 0 Å². The number of aryl methyl sites for hydroxylation is 1. The molecule has 1 aromatic rings. The number of rotatable bonds is 5. The maximum Gasteiger partial charge on any atom is 0.234 e. The van der Waals surface area contributed by atoms with Crippen molar-refractivity contribution < 1.29 is 4.79 Å². The Labute approximate surface area is 90.3 Å². The summed E-state index contributed by atoms with van der Waals surface area (Å²) in [5, 5.41) is 8.74. The Bertz CT molecular complexity index is 314. The molecule has 78 valence electrons. The molecule has 0 aliphatic rings. The molecular weight excluding hydrogens is 220 g/mol. The van der Waals surface area contributed by atoms with Crippen molar-refractivity contribution in [2.45, 2.75) is 23.7 Å². The molecule has 1 aromatic heterocycles. The van der Waals surface area contributed by atoms with E-state index in [0.29, 0.717) is 6.42 Å². The van der Waals surface area contributed by atoms with E-state index < -0.39 is 11.9 Å². The van der Waals surface area contributed by atoms with Gasteiger partial charge in [-0.15, -0.1) is 10.2 Å². The van der Waals surface area contributed by atoms with Crippen LogP contribution >= 0.6 is 23.1 Å². The lowest BCUT2D eigenvalue weighted by Crippen LogP contribution is -2.36. The largest absolute Gasteiger partial charge is 0.368 e. The first kappa shape index (κ1) is 11.4. The van der Waals surface area contributed by atoms with Crippen LogP contribution in [0.3, 0.4) is 0 Å². The van der Waals surface area contributed by atoms with Gasteiger partial charge < -0.3 is 11.5 Å². The van der Waals surface area contributed by atoms with Gasteiger partial charge in [-0.25, -0.2) is 0 Å². The lowest BCUT2D eigenvalue weighted by molar-refractivity contribution is -0.119. The fourth-order valence-electron chi connectivity index (χ4n) is 0.752. The predicted molar refractivity (Wildman–Crippen MR) is 57.2 cm³/mol. The summed E-state index contributed by atoms with van der Waals surface area (Å²) in [4.78, 5) is 10.6. The minimum atomic E-state index is -0.559. The molecule has 0 aliphatic carbocycles. The molecule has 1 atom stereocenters. The monoisotopic (exact) mass is 232 g/mol. The Morgan fingerprint density at radius 1 is 1.64 bits per heavy atom. The Balaban J connectivity index is 2.25. The zero-order valence-corrected chi connectivity index (χ0v) is 9.40. The molecule has 14 heavy (non-hydrogen) atoms. The minimum Gasteiger partial charge on any atom is -0.368 e. The van der Waals surface area contributed by atoms with E-state index >= 15 is 0 Å². The van der Waals surface area contributed by atoms with Gasteiger partial charge >= 0.3 is 0 Å². The lowest BCUT2D eigenvalue weighted by Gasteiger charge is -2.04. The van der Waals surface area contributed by atoms with Gasteiger partial charge in [-0.2, -0.15) is 0 Å². The number of carbonyl (C=O) groups is 1. The van der Waals surface area contributed by atoms with Gasteiger partial charge in [0.15, 0.2) is 4.34 Å². The van der Waals surface area contributed by atoms with Crippen molar-refractivity contribution in [2.24, 2.45) is 11.5 Å². The molecule has 4 N–H and O–H groups in total. The van der Waals surface area contributed by atoms with Gasteiger partial charge in [-0.1, -0.05) is 23.1 Å². The second kappa shape index (κ2) is 5.28. The second-order valence-electron chi connectivity index (χ2n) is 2.73. The highest BCUT2D eigenvalue weighted by Crippen LogP contribution is 2.22. The van der Waals surface area contributed by atoms with E-state index in [1.807, 2.05) is 6.92 Å². The van der Waals surface area contributed by atoms with Crippen LogP contribution in [0.5, 0.6) is 0 Å². The van der Waals surface area contributed by atoms with Crippen LogP contribution in [-0.2, 0) is 4.79 Å². The molecule has 0 radical (unpaired) electrons. The fourth-order valence-corrected chi connectivity index (χ4v) is 2.66. The number of nitrogens with zero attached hydrogens (tertiary/aromatic N) is 2. The first-order valence-electron chi connectivity index (χ1n) is 4.07. The Morgan fingerprint density at radius 2 is 2.36 bits per heavy atom. The maximum atomic E-state index is 10.6. The Hall–Kier alpha value is -0.660. The summed E-state index contributed by atoms with van der Waals surface area (Å²) in [5.74, 6) is 0.276. The van der Waals surface area contributed by atoms with Gasteiger partial charge in [0.1, 0.15) is 5.01 Å². The highest BCUT2D eigenvalue weighted by Gasteiger charge is 2.09. The smallest absolute Gasteiger partial charge is 0.234 e. The highest BCUT2D eigenvalue weighted by molar-refractivity contribution is 8.01. The third-order valence-corrected chi connectivity index (χ3v) is 3.53. The zero-order chi connectivity index (χ0) is 10.6. The molecule has 0 spiro atoms. The van der Waals surface area contributed by atoms with E-state index in [9.17, 15) is 4.79 Å². The highest BCUT2D eigenvalue weighted by atomic mass is 32.2. The average molecular weight is 232 g/mol. The van der Waals surface area contributed by atoms with Crippen molar-refractivity contribution in [1.82, 2.24) is 10.2 Å². The van der Waals surface area contributed by atoms with Crippen LogP contribution in [0.2, 0.25) is 0 Å². The van der Waals surface area contributed by atoms with E-state index in [-0.39, 0.29) is 0 Å². The second-order valence-corrected chi connectivity index (χ2v) is 5.26. The quantitative estimate of drug-likeness (QED) is 0.704. The minimum absolute atomic E-state index is 0.459. The molecule has 7 heteroatoms. The van der Waals surface area contributed by atoms with Gasteiger partial charge in [0.05, 0.1) is 6.04 Å². The molecular formula is C7H12N4OS2. The molecule has 0 saturated carbocycles. The third kappa shape index (κ3) is 3.60. The molecule has 0 aliphatic heterocycles. The maximum absolute atomic E-state index is 10.6. The zero-order valence-electron chi connectivity index (χ0n) is 7.77. The molecule has 1 heterocycles. The van der Waals surface area contributed by atoms with Crippen LogP contribution in [0.15, 0.2) is 4.34 Å². The summed E-state index contributed by atoms with van der Waals surface area (Å²) in [6.45, 7) is 1.90. The number of hydrogen-bond acceptors (Lipinski definition) is 6. The van der Waals surface area contributed by atoms with E-state index in [1.54, 1.807) is 11.8 Å². The Kier molecular flexibility index (Phi) is 4.30. The van der Waals surface area contributed by atoms with E-state index in [0.717, 1.165) is 15.1 Å². The number of thioether (sulfide) groups is 1. The summed E-state index contributed by atoms with van der Waals surface area (Å²) in [6.07, 6.45) is 0.568. The molecule has 5 nitrogen and oxygen atoms in total. The summed E-state index contributed by atoms with van der Waals surface area (Å²) >= 11 is 3.08. The number of amides is 1. The van der Waals surface area contributed by atoms with Crippen LogP contribution in [0.1, 0.15) is 11.4 Å². The molecule has 1 amide bonds.